The van der Waals surface area contributed by atoms with Crippen molar-refractivity contribution in [2.45, 2.75) is 36.9 Å². The first-order chi connectivity index (χ1) is 5.99. The lowest BCUT2D eigenvalue weighted by Crippen LogP contribution is -2.26. The third-order valence-electron chi connectivity index (χ3n) is 1.76. The molecule has 0 aromatic carbocycles. The predicted molar refractivity (Wildman–Crippen MR) is 53.8 cm³/mol. The molecule has 0 rings (SSSR count). The lowest BCUT2D eigenvalue weighted by atomic mass is 10.3. The van der Waals surface area contributed by atoms with Gasteiger partial charge in [-0.3, -0.25) is 4.79 Å². The topological polar surface area (TPSA) is 83.5 Å². The molecule has 4 N–H and O–H groups in total. The van der Waals surface area contributed by atoms with Crippen molar-refractivity contribution in [2.24, 2.45) is 5.73 Å². The van der Waals surface area contributed by atoms with Crippen molar-refractivity contribution in [1.82, 2.24) is 0 Å². The number of nitrogens with two attached hydrogens (primary N) is 1. The molecule has 13 heavy (non-hydrogen) atoms. The van der Waals surface area contributed by atoms with Gasteiger partial charge in [-0.2, -0.15) is 0 Å². The number of aliphatic carboxylic acids is 1. The molecular formula is C8H17NO3S. The summed E-state index contributed by atoms with van der Waals surface area (Å²) in [5.41, 5.74) is 5.28. The van der Waals surface area contributed by atoms with E-state index >= 15 is 0 Å². The fourth-order valence-corrected chi connectivity index (χ4v) is 1.91. The molecule has 0 radical (unpaired) electrons. The van der Waals surface area contributed by atoms with E-state index in [1.807, 2.05) is 6.92 Å². The highest BCUT2D eigenvalue weighted by molar-refractivity contribution is 8.01. The van der Waals surface area contributed by atoms with E-state index in [9.17, 15) is 9.90 Å². The molecule has 0 aliphatic rings. The van der Waals surface area contributed by atoms with Crippen LogP contribution in [0.15, 0.2) is 0 Å². The third kappa shape index (κ3) is 5.13. The second kappa shape index (κ2) is 6.23. The summed E-state index contributed by atoms with van der Waals surface area (Å²) in [7, 11) is 0. The first kappa shape index (κ1) is 12.7. The minimum Gasteiger partial charge on any atom is -0.480 e. The fraction of sp³-hybridized carbons (Fsp3) is 0.875. The summed E-state index contributed by atoms with van der Waals surface area (Å²) in [6.45, 7) is 3.82. The lowest BCUT2D eigenvalue weighted by molar-refractivity contribution is -0.136. The van der Waals surface area contributed by atoms with Gasteiger partial charge in [-0.25, -0.2) is 0 Å². The van der Waals surface area contributed by atoms with E-state index < -0.39 is 17.3 Å². The first-order valence-electron chi connectivity index (χ1n) is 4.25. The number of rotatable bonds is 6. The molecule has 0 aromatic rings. The Morgan fingerprint density at radius 2 is 2.08 bits per heavy atom. The lowest BCUT2D eigenvalue weighted by Gasteiger charge is -2.18. The van der Waals surface area contributed by atoms with Gasteiger partial charge < -0.3 is 15.9 Å². The third-order valence-corrected chi connectivity index (χ3v) is 3.35. The molecule has 0 aliphatic heterocycles. The monoisotopic (exact) mass is 207 g/mol. The average Bonchev–Trinajstić information content (AvgIpc) is 2.03. The Kier molecular flexibility index (Phi) is 6.11. The second-order valence-corrected chi connectivity index (χ2v) is 4.57. The van der Waals surface area contributed by atoms with Crippen LogP contribution in [0.2, 0.25) is 0 Å². The highest BCUT2D eigenvalue weighted by Crippen LogP contribution is 2.22. The summed E-state index contributed by atoms with van der Waals surface area (Å²) < 4.78 is 0. The van der Waals surface area contributed by atoms with E-state index in [-0.39, 0.29) is 5.25 Å². The van der Waals surface area contributed by atoms with E-state index in [0.717, 1.165) is 0 Å². The SMILES string of the molecule is CC(O)C(C)SC(CCN)C(=O)O. The van der Waals surface area contributed by atoms with Gasteiger partial charge in [-0.15, -0.1) is 11.8 Å². The van der Waals surface area contributed by atoms with Crippen LogP contribution in [0.25, 0.3) is 0 Å². The minimum absolute atomic E-state index is 0.0763. The number of thioether (sulfide) groups is 1. The normalized spacial score (nSPS) is 17.8. The Morgan fingerprint density at radius 1 is 1.54 bits per heavy atom. The summed E-state index contributed by atoms with van der Waals surface area (Å²) in [5, 5.41) is 17.4. The van der Waals surface area contributed by atoms with Crippen LogP contribution in [0.3, 0.4) is 0 Å². The van der Waals surface area contributed by atoms with Crippen molar-refractivity contribution in [3.8, 4) is 0 Å². The molecule has 0 amide bonds. The number of aliphatic hydroxyl groups excluding tert-OH is 1. The van der Waals surface area contributed by atoms with Crippen molar-refractivity contribution >= 4 is 17.7 Å². The van der Waals surface area contributed by atoms with Crippen molar-refractivity contribution < 1.29 is 15.0 Å². The Morgan fingerprint density at radius 3 is 2.38 bits per heavy atom. The number of hydrogen-bond acceptors (Lipinski definition) is 4. The molecule has 0 spiro atoms. The zero-order valence-electron chi connectivity index (χ0n) is 7.93. The van der Waals surface area contributed by atoms with Crippen molar-refractivity contribution in [2.75, 3.05) is 6.54 Å². The van der Waals surface area contributed by atoms with E-state index in [2.05, 4.69) is 0 Å². The number of carbonyl (C=O) groups is 1. The van der Waals surface area contributed by atoms with Crippen LogP contribution in [0.5, 0.6) is 0 Å². The molecule has 0 aromatic heterocycles. The highest BCUT2D eigenvalue weighted by Gasteiger charge is 2.22. The first-order valence-corrected chi connectivity index (χ1v) is 5.19. The summed E-state index contributed by atoms with van der Waals surface area (Å²) >= 11 is 1.26. The standard InChI is InChI=1S/C8H17NO3S/c1-5(10)6(2)13-7(3-4-9)8(11)12/h5-7,10H,3-4,9H2,1-2H3,(H,11,12). The van der Waals surface area contributed by atoms with Crippen LogP contribution < -0.4 is 5.73 Å². The zero-order chi connectivity index (χ0) is 10.4. The zero-order valence-corrected chi connectivity index (χ0v) is 8.75. The molecular weight excluding hydrogens is 190 g/mol. The fourth-order valence-electron chi connectivity index (χ4n) is 0.774. The van der Waals surface area contributed by atoms with Gasteiger partial charge in [0, 0.05) is 5.25 Å². The highest BCUT2D eigenvalue weighted by atomic mass is 32.2. The Labute approximate surface area is 82.5 Å². The largest absolute Gasteiger partial charge is 0.480 e. The van der Waals surface area contributed by atoms with Crippen LogP contribution in [-0.2, 0) is 4.79 Å². The van der Waals surface area contributed by atoms with Crippen LogP contribution in [0, 0.1) is 0 Å². The number of carboxylic acids is 1. The van der Waals surface area contributed by atoms with E-state index in [1.54, 1.807) is 6.92 Å². The van der Waals surface area contributed by atoms with Crippen molar-refractivity contribution in [3.05, 3.63) is 0 Å². The van der Waals surface area contributed by atoms with Crippen LogP contribution in [-0.4, -0.2) is 39.3 Å². The Hall–Kier alpha value is -0.260. The maximum Gasteiger partial charge on any atom is 0.316 e. The average molecular weight is 207 g/mol. The van der Waals surface area contributed by atoms with E-state index in [4.69, 9.17) is 10.8 Å². The summed E-state index contributed by atoms with van der Waals surface area (Å²) in [5.74, 6) is -0.858. The van der Waals surface area contributed by atoms with Gasteiger partial charge in [0.1, 0.15) is 5.25 Å². The van der Waals surface area contributed by atoms with Gasteiger partial charge in [0.15, 0.2) is 0 Å². The number of carboxylic acid groups (broad SMARTS) is 1. The molecule has 3 atom stereocenters. The van der Waals surface area contributed by atoms with Gasteiger partial charge in [-0.05, 0) is 19.9 Å². The van der Waals surface area contributed by atoms with Crippen LogP contribution in [0.1, 0.15) is 20.3 Å². The van der Waals surface area contributed by atoms with E-state index in [1.165, 1.54) is 11.8 Å². The molecule has 4 nitrogen and oxygen atoms in total. The molecule has 3 unspecified atom stereocenters. The van der Waals surface area contributed by atoms with Crippen molar-refractivity contribution in [3.63, 3.8) is 0 Å². The molecule has 0 saturated carbocycles. The smallest absolute Gasteiger partial charge is 0.316 e. The molecule has 0 bridgehead atoms. The molecule has 0 aliphatic carbocycles. The van der Waals surface area contributed by atoms with Gasteiger partial charge in [-0.1, -0.05) is 6.92 Å². The summed E-state index contributed by atoms with van der Waals surface area (Å²) in [4.78, 5) is 10.7. The van der Waals surface area contributed by atoms with Gasteiger partial charge >= 0.3 is 5.97 Å². The summed E-state index contributed by atoms with van der Waals surface area (Å²) in [6.07, 6.45) is -0.0542. The van der Waals surface area contributed by atoms with Crippen LogP contribution >= 0.6 is 11.8 Å². The minimum atomic E-state index is -0.858. The quantitative estimate of drug-likeness (QED) is 0.583. The molecule has 5 heteroatoms. The number of hydrogen-bond donors (Lipinski definition) is 3. The predicted octanol–water partition coefficient (Wildman–Crippen LogP) is 0.291. The van der Waals surface area contributed by atoms with Gasteiger partial charge in [0.2, 0.25) is 0 Å². The van der Waals surface area contributed by atoms with Crippen LogP contribution in [0.4, 0.5) is 0 Å². The molecule has 0 saturated heterocycles. The maximum atomic E-state index is 10.7. The Bertz CT molecular complexity index is 163. The molecule has 0 heterocycles. The number of aliphatic hydroxyl groups is 1. The van der Waals surface area contributed by atoms with E-state index in [0.29, 0.717) is 13.0 Å². The van der Waals surface area contributed by atoms with Crippen molar-refractivity contribution in [1.29, 1.82) is 0 Å². The molecule has 78 valence electrons. The second-order valence-electron chi connectivity index (χ2n) is 2.99. The summed E-state index contributed by atoms with van der Waals surface area (Å²) in [6, 6.07) is 0. The van der Waals surface area contributed by atoms with Gasteiger partial charge in [0.05, 0.1) is 6.10 Å². The maximum absolute atomic E-state index is 10.7. The van der Waals surface area contributed by atoms with Gasteiger partial charge in [0.25, 0.3) is 0 Å². The molecule has 0 fully saturated rings. The Balaban J connectivity index is 4.01.